The molecule has 3 N–H and O–H groups in total. The number of carbonyl (C=O) groups is 3. The molecule has 0 saturated carbocycles. The smallest absolute Gasteiger partial charge is 0.260 e. The van der Waals surface area contributed by atoms with Crippen LogP contribution in [0.1, 0.15) is 12.5 Å². The third kappa shape index (κ3) is 7.50. The van der Waals surface area contributed by atoms with Gasteiger partial charge in [-0.3, -0.25) is 14.4 Å². The molecule has 33 heavy (non-hydrogen) atoms. The van der Waals surface area contributed by atoms with Crippen LogP contribution in [0.2, 0.25) is 0 Å². The highest BCUT2D eigenvalue weighted by Gasteiger charge is 2.17. The normalized spacial score (nSPS) is 13.3. The lowest BCUT2D eigenvalue weighted by Crippen LogP contribution is -2.40. The number of benzene rings is 2. The van der Waals surface area contributed by atoms with Crippen LogP contribution in [-0.2, 0) is 25.5 Å². The molecule has 0 bridgehead atoms. The average molecular weight is 455 g/mol. The van der Waals surface area contributed by atoms with E-state index in [9.17, 15) is 14.4 Å². The quantitative estimate of drug-likeness (QED) is 0.561. The molecule has 0 atom stereocenters. The van der Waals surface area contributed by atoms with E-state index in [1.807, 2.05) is 24.3 Å². The molecule has 0 unspecified atom stereocenters. The van der Waals surface area contributed by atoms with E-state index >= 15 is 0 Å². The average Bonchev–Trinajstić information content (AvgIpc) is 2.82. The number of amides is 3. The molecule has 9 nitrogen and oxygen atoms in total. The maximum Gasteiger partial charge on any atom is 0.260 e. The van der Waals surface area contributed by atoms with Crippen LogP contribution in [0.3, 0.4) is 0 Å². The lowest BCUT2D eigenvalue weighted by atomic mass is 10.1. The van der Waals surface area contributed by atoms with Gasteiger partial charge in [0.1, 0.15) is 5.75 Å². The Bertz CT molecular complexity index is 940. The van der Waals surface area contributed by atoms with E-state index in [4.69, 9.17) is 15.2 Å². The van der Waals surface area contributed by atoms with Crippen molar-refractivity contribution >= 4 is 29.1 Å². The largest absolute Gasteiger partial charge is 0.484 e. The van der Waals surface area contributed by atoms with Gasteiger partial charge < -0.3 is 30.3 Å². The van der Waals surface area contributed by atoms with Crippen molar-refractivity contribution in [2.24, 2.45) is 5.73 Å². The molecule has 1 aliphatic rings. The standard InChI is InChI=1S/C24H30N4O5/c1-2-27(24(31)17-33-21-9-3-18(4-10-21)15-22(25)29)16-23(30)26-19-5-7-20(8-6-19)28-11-13-32-14-12-28/h3-10H,2,11-17H2,1H3,(H2,25,29)(H,26,30). The maximum absolute atomic E-state index is 12.5. The summed E-state index contributed by atoms with van der Waals surface area (Å²) in [7, 11) is 0. The second kappa shape index (κ2) is 11.9. The molecule has 1 heterocycles. The van der Waals surface area contributed by atoms with Gasteiger partial charge in [0.2, 0.25) is 11.8 Å². The molecule has 1 saturated heterocycles. The van der Waals surface area contributed by atoms with Gasteiger partial charge in [0.25, 0.3) is 5.91 Å². The molecule has 2 aromatic carbocycles. The highest BCUT2D eigenvalue weighted by Crippen LogP contribution is 2.19. The van der Waals surface area contributed by atoms with Crippen LogP contribution in [0.25, 0.3) is 0 Å². The number of carbonyl (C=O) groups excluding carboxylic acids is 3. The third-order valence-corrected chi connectivity index (χ3v) is 5.26. The fraction of sp³-hybridized carbons (Fsp3) is 0.375. The third-order valence-electron chi connectivity index (χ3n) is 5.26. The first kappa shape index (κ1) is 24.1. The first-order chi connectivity index (χ1) is 15.9. The Kier molecular flexibility index (Phi) is 8.65. The first-order valence-corrected chi connectivity index (χ1v) is 10.9. The highest BCUT2D eigenvalue weighted by molar-refractivity contribution is 5.94. The van der Waals surface area contributed by atoms with Gasteiger partial charge in [-0.05, 0) is 48.9 Å². The predicted octanol–water partition coefficient (Wildman–Crippen LogP) is 1.42. The fourth-order valence-electron chi connectivity index (χ4n) is 3.47. The Morgan fingerprint density at radius 1 is 1.06 bits per heavy atom. The van der Waals surface area contributed by atoms with Gasteiger partial charge in [-0.25, -0.2) is 0 Å². The van der Waals surface area contributed by atoms with Gasteiger partial charge in [-0.1, -0.05) is 12.1 Å². The minimum Gasteiger partial charge on any atom is -0.484 e. The number of anilines is 2. The second-order valence-electron chi connectivity index (χ2n) is 7.68. The molecule has 176 valence electrons. The number of ether oxygens (including phenoxy) is 2. The molecule has 0 radical (unpaired) electrons. The summed E-state index contributed by atoms with van der Waals surface area (Å²) in [6, 6.07) is 14.4. The van der Waals surface area contributed by atoms with Gasteiger partial charge in [0.05, 0.1) is 26.2 Å². The molecule has 0 spiro atoms. The minimum absolute atomic E-state index is 0.0680. The molecular weight excluding hydrogens is 424 g/mol. The Hall–Kier alpha value is -3.59. The molecule has 0 aliphatic carbocycles. The zero-order valence-corrected chi connectivity index (χ0v) is 18.8. The van der Waals surface area contributed by atoms with Crippen molar-refractivity contribution in [3.8, 4) is 5.75 Å². The zero-order valence-electron chi connectivity index (χ0n) is 18.8. The number of likely N-dealkylation sites (N-methyl/N-ethyl adjacent to an activating group) is 1. The van der Waals surface area contributed by atoms with Crippen LogP contribution in [-0.4, -0.2) is 68.6 Å². The zero-order chi connectivity index (χ0) is 23.6. The Balaban J connectivity index is 1.46. The van der Waals surface area contributed by atoms with Gasteiger partial charge in [-0.2, -0.15) is 0 Å². The number of hydrogen-bond donors (Lipinski definition) is 2. The lowest BCUT2D eigenvalue weighted by Gasteiger charge is -2.29. The van der Waals surface area contributed by atoms with E-state index in [0.717, 1.165) is 24.3 Å². The Labute approximate surface area is 193 Å². The van der Waals surface area contributed by atoms with E-state index in [0.29, 0.717) is 31.2 Å². The number of nitrogens with zero attached hydrogens (tertiary/aromatic N) is 2. The summed E-state index contributed by atoms with van der Waals surface area (Å²) < 4.78 is 10.9. The predicted molar refractivity (Wildman–Crippen MR) is 125 cm³/mol. The van der Waals surface area contributed by atoms with Gasteiger partial charge >= 0.3 is 0 Å². The van der Waals surface area contributed by atoms with E-state index in [1.54, 1.807) is 31.2 Å². The number of morpholine rings is 1. The van der Waals surface area contributed by atoms with E-state index in [2.05, 4.69) is 10.2 Å². The van der Waals surface area contributed by atoms with Crippen molar-refractivity contribution in [2.45, 2.75) is 13.3 Å². The molecular formula is C24H30N4O5. The first-order valence-electron chi connectivity index (χ1n) is 10.9. The molecule has 1 aliphatic heterocycles. The maximum atomic E-state index is 12.5. The summed E-state index contributed by atoms with van der Waals surface area (Å²) in [5, 5.41) is 2.83. The van der Waals surface area contributed by atoms with Gasteiger partial charge in [-0.15, -0.1) is 0 Å². The summed E-state index contributed by atoms with van der Waals surface area (Å²) in [6.07, 6.45) is 0.147. The Morgan fingerprint density at radius 2 is 1.73 bits per heavy atom. The van der Waals surface area contributed by atoms with Crippen molar-refractivity contribution in [3.05, 3.63) is 54.1 Å². The van der Waals surface area contributed by atoms with Gasteiger partial charge in [0, 0.05) is 31.0 Å². The van der Waals surface area contributed by atoms with E-state index < -0.39 is 5.91 Å². The molecule has 2 aromatic rings. The Morgan fingerprint density at radius 3 is 2.33 bits per heavy atom. The van der Waals surface area contributed by atoms with Crippen molar-refractivity contribution < 1.29 is 23.9 Å². The summed E-state index contributed by atoms with van der Waals surface area (Å²) >= 11 is 0. The fourth-order valence-corrected chi connectivity index (χ4v) is 3.47. The van der Waals surface area contributed by atoms with Crippen LogP contribution >= 0.6 is 0 Å². The molecule has 3 rings (SSSR count). The highest BCUT2D eigenvalue weighted by atomic mass is 16.5. The van der Waals surface area contributed by atoms with Crippen LogP contribution in [0.4, 0.5) is 11.4 Å². The minimum atomic E-state index is -0.413. The van der Waals surface area contributed by atoms with Crippen LogP contribution < -0.4 is 20.7 Å². The lowest BCUT2D eigenvalue weighted by molar-refractivity contribution is -0.136. The van der Waals surface area contributed by atoms with Crippen molar-refractivity contribution in [3.63, 3.8) is 0 Å². The number of nitrogens with two attached hydrogens (primary N) is 1. The topological polar surface area (TPSA) is 114 Å². The second-order valence-corrected chi connectivity index (χ2v) is 7.68. The van der Waals surface area contributed by atoms with Gasteiger partial charge in [0.15, 0.2) is 6.61 Å². The van der Waals surface area contributed by atoms with Crippen LogP contribution in [0.5, 0.6) is 5.75 Å². The van der Waals surface area contributed by atoms with Crippen LogP contribution in [0.15, 0.2) is 48.5 Å². The molecule has 3 amide bonds. The van der Waals surface area contributed by atoms with Crippen molar-refractivity contribution in [1.29, 1.82) is 0 Å². The number of rotatable bonds is 10. The van der Waals surface area contributed by atoms with Crippen molar-refractivity contribution in [1.82, 2.24) is 4.90 Å². The summed E-state index contributed by atoms with van der Waals surface area (Å²) in [4.78, 5) is 39.6. The monoisotopic (exact) mass is 454 g/mol. The molecule has 9 heteroatoms. The van der Waals surface area contributed by atoms with E-state index in [1.165, 1.54) is 4.90 Å². The number of nitrogens with one attached hydrogen (secondary N) is 1. The summed E-state index contributed by atoms with van der Waals surface area (Å²) in [5.74, 6) is -0.488. The molecule has 1 fully saturated rings. The number of primary amides is 1. The van der Waals surface area contributed by atoms with E-state index in [-0.39, 0.29) is 31.4 Å². The summed E-state index contributed by atoms with van der Waals surface area (Å²) in [6.45, 7) is 5.04. The van der Waals surface area contributed by atoms with Crippen LogP contribution in [0, 0.1) is 0 Å². The summed E-state index contributed by atoms with van der Waals surface area (Å²) in [5.41, 5.74) is 7.70. The van der Waals surface area contributed by atoms with Crippen molar-refractivity contribution in [2.75, 3.05) is 56.2 Å². The SMILES string of the molecule is CCN(CC(=O)Nc1ccc(N2CCOCC2)cc1)C(=O)COc1ccc(CC(N)=O)cc1. The number of hydrogen-bond acceptors (Lipinski definition) is 6. The molecule has 0 aromatic heterocycles.